The molecule has 0 saturated heterocycles. The average molecular weight is 333 g/mol. The lowest BCUT2D eigenvalue weighted by Crippen LogP contribution is -2.36. The zero-order chi connectivity index (χ0) is 13.0. The molecule has 5 heteroatoms. The normalized spacial score (nSPS) is 15.7. The standard InChI is InChI=1S/C13H15BrClNO2/c14-11-7-9(15)5-6-12(11)18-8-13(17)16-10-3-1-2-4-10/h5-7,10H,1-4,8H2,(H,16,17). The van der Waals surface area contributed by atoms with E-state index in [1.54, 1.807) is 18.2 Å². The van der Waals surface area contributed by atoms with E-state index in [1.165, 1.54) is 12.8 Å². The Morgan fingerprint density at radius 1 is 1.44 bits per heavy atom. The molecule has 0 unspecified atom stereocenters. The Hall–Kier alpha value is -0.740. The molecule has 1 aliphatic rings. The highest BCUT2D eigenvalue weighted by Crippen LogP contribution is 2.27. The van der Waals surface area contributed by atoms with Crippen LogP contribution in [0.1, 0.15) is 25.7 Å². The molecular formula is C13H15BrClNO2. The number of halogens is 2. The second-order valence-corrected chi connectivity index (χ2v) is 5.70. The maximum atomic E-state index is 11.7. The van der Waals surface area contributed by atoms with Crippen molar-refractivity contribution < 1.29 is 9.53 Å². The second kappa shape index (κ2) is 6.43. The van der Waals surface area contributed by atoms with E-state index < -0.39 is 0 Å². The molecule has 0 bridgehead atoms. The summed E-state index contributed by atoms with van der Waals surface area (Å²) in [6, 6.07) is 5.55. The molecule has 0 radical (unpaired) electrons. The van der Waals surface area contributed by atoms with E-state index in [1.807, 2.05) is 0 Å². The molecule has 0 spiro atoms. The van der Waals surface area contributed by atoms with E-state index >= 15 is 0 Å². The summed E-state index contributed by atoms with van der Waals surface area (Å²) in [7, 11) is 0. The number of nitrogens with one attached hydrogen (secondary N) is 1. The topological polar surface area (TPSA) is 38.3 Å². The van der Waals surface area contributed by atoms with Gasteiger partial charge in [-0.15, -0.1) is 0 Å². The van der Waals surface area contributed by atoms with Crippen molar-refractivity contribution in [3.63, 3.8) is 0 Å². The van der Waals surface area contributed by atoms with Gasteiger partial charge in [0, 0.05) is 11.1 Å². The third-order valence-corrected chi connectivity index (χ3v) is 3.83. The van der Waals surface area contributed by atoms with Gasteiger partial charge in [0.25, 0.3) is 5.91 Å². The third kappa shape index (κ3) is 3.89. The lowest BCUT2D eigenvalue weighted by Gasteiger charge is -2.13. The Labute approximate surface area is 120 Å². The first-order valence-electron chi connectivity index (χ1n) is 6.02. The highest BCUT2D eigenvalue weighted by atomic mass is 79.9. The van der Waals surface area contributed by atoms with Crippen molar-refractivity contribution in [1.29, 1.82) is 0 Å². The fraction of sp³-hybridized carbons (Fsp3) is 0.462. The van der Waals surface area contributed by atoms with E-state index in [9.17, 15) is 4.79 Å². The zero-order valence-corrected chi connectivity index (χ0v) is 12.3. The van der Waals surface area contributed by atoms with E-state index in [0.717, 1.165) is 17.3 Å². The van der Waals surface area contributed by atoms with Gasteiger partial charge in [0.2, 0.25) is 0 Å². The summed E-state index contributed by atoms with van der Waals surface area (Å²) in [5.74, 6) is 0.560. The van der Waals surface area contributed by atoms with E-state index in [-0.39, 0.29) is 12.5 Å². The van der Waals surface area contributed by atoms with Gasteiger partial charge in [0.05, 0.1) is 4.47 Å². The molecule has 18 heavy (non-hydrogen) atoms. The smallest absolute Gasteiger partial charge is 0.258 e. The number of ether oxygens (including phenoxy) is 1. The number of carbonyl (C=O) groups is 1. The molecule has 0 aliphatic heterocycles. The molecule has 1 saturated carbocycles. The van der Waals surface area contributed by atoms with Crippen LogP contribution >= 0.6 is 27.5 Å². The van der Waals surface area contributed by atoms with Crippen molar-refractivity contribution in [2.75, 3.05) is 6.61 Å². The highest BCUT2D eigenvalue weighted by molar-refractivity contribution is 9.10. The maximum Gasteiger partial charge on any atom is 0.258 e. The molecular weight excluding hydrogens is 318 g/mol. The molecule has 3 nitrogen and oxygen atoms in total. The molecule has 1 N–H and O–H groups in total. The van der Waals surface area contributed by atoms with Gasteiger partial charge in [-0.2, -0.15) is 0 Å². The van der Waals surface area contributed by atoms with Crippen LogP contribution in [0.4, 0.5) is 0 Å². The number of amides is 1. The van der Waals surface area contributed by atoms with Gasteiger partial charge < -0.3 is 10.1 Å². The van der Waals surface area contributed by atoms with Crippen molar-refractivity contribution in [3.8, 4) is 5.75 Å². The van der Waals surface area contributed by atoms with E-state index in [4.69, 9.17) is 16.3 Å². The minimum Gasteiger partial charge on any atom is -0.483 e. The molecule has 0 heterocycles. The van der Waals surface area contributed by atoms with Crippen LogP contribution in [0.5, 0.6) is 5.75 Å². The summed E-state index contributed by atoms with van der Waals surface area (Å²) in [6.07, 6.45) is 4.57. The van der Waals surface area contributed by atoms with Crippen molar-refractivity contribution in [2.45, 2.75) is 31.7 Å². The van der Waals surface area contributed by atoms with Crippen LogP contribution in [-0.4, -0.2) is 18.6 Å². The molecule has 1 aromatic carbocycles. The predicted molar refractivity (Wildman–Crippen MR) is 75.0 cm³/mol. The summed E-state index contributed by atoms with van der Waals surface area (Å²) < 4.78 is 6.20. The molecule has 1 amide bonds. The Morgan fingerprint density at radius 3 is 2.83 bits per heavy atom. The highest BCUT2D eigenvalue weighted by Gasteiger charge is 2.17. The first-order chi connectivity index (χ1) is 8.65. The largest absolute Gasteiger partial charge is 0.483 e. The Bertz CT molecular complexity index is 433. The first kappa shape index (κ1) is 13.7. The molecule has 1 aliphatic carbocycles. The van der Waals surface area contributed by atoms with Crippen molar-refractivity contribution in [1.82, 2.24) is 5.32 Å². The zero-order valence-electron chi connectivity index (χ0n) is 9.92. The second-order valence-electron chi connectivity index (χ2n) is 4.41. The monoisotopic (exact) mass is 331 g/mol. The van der Waals surface area contributed by atoms with Crippen molar-refractivity contribution in [3.05, 3.63) is 27.7 Å². The van der Waals surface area contributed by atoms with Gasteiger partial charge >= 0.3 is 0 Å². The van der Waals surface area contributed by atoms with Crippen LogP contribution in [0.15, 0.2) is 22.7 Å². The number of rotatable bonds is 4. The Morgan fingerprint density at radius 2 is 2.17 bits per heavy atom. The molecule has 1 aromatic rings. The molecule has 1 fully saturated rings. The molecule has 0 aromatic heterocycles. The molecule has 0 atom stereocenters. The summed E-state index contributed by atoms with van der Waals surface area (Å²) in [5, 5.41) is 3.60. The van der Waals surface area contributed by atoms with Crippen LogP contribution < -0.4 is 10.1 Å². The lowest BCUT2D eigenvalue weighted by atomic mass is 10.2. The first-order valence-corrected chi connectivity index (χ1v) is 7.19. The maximum absolute atomic E-state index is 11.7. The van der Waals surface area contributed by atoms with Crippen LogP contribution in [0.3, 0.4) is 0 Å². The van der Waals surface area contributed by atoms with Gasteiger partial charge in [-0.1, -0.05) is 24.4 Å². The average Bonchev–Trinajstić information content (AvgIpc) is 2.80. The van der Waals surface area contributed by atoms with Gasteiger partial charge in [-0.25, -0.2) is 0 Å². The van der Waals surface area contributed by atoms with Crippen LogP contribution in [0, 0.1) is 0 Å². The Kier molecular flexibility index (Phi) is 4.89. The minimum atomic E-state index is -0.0660. The number of carbonyl (C=O) groups excluding carboxylic acids is 1. The lowest BCUT2D eigenvalue weighted by molar-refractivity contribution is -0.123. The quantitative estimate of drug-likeness (QED) is 0.916. The fourth-order valence-electron chi connectivity index (χ4n) is 2.08. The van der Waals surface area contributed by atoms with Crippen LogP contribution in [-0.2, 0) is 4.79 Å². The Balaban J connectivity index is 1.81. The van der Waals surface area contributed by atoms with Crippen LogP contribution in [0.25, 0.3) is 0 Å². The van der Waals surface area contributed by atoms with Gasteiger partial charge in [0.1, 0.15) is 5.75 Å². The summed E-state index contributed by atoms with van der Waals surface area (Å²) >= 11 is 9.17. The predicted octanol–water partition coefficient (Wildman–Crippen LogP) is 3.54. The summed E-state index contributed by atoms with van der Waals surface area (Å²) in [6.45, 7) is 0.0384. The fourth-order valence-corrected chi connectivity index (χ4v) is 2.87. The number of benzene rings is 1. The minimum absolute atomic E-state index is 0.0384. The molecule has 2 rings (SSSR count). The number of hydrogen-bond donors (Lipinski definition) is 1. The summed E-state index contributed by atoms with van der Waals surface area (Å²) in [5.41, 5.74) is 0. The summed E-state index contributed by atoms with van der Waals surface area (Å²) in [4.78, 5) is 11.7. The third-order valence-electron chi connectivity index (χ3n) is 2.97. The van der Waals surface area contributed by atoms with E-state index in [2.05, 4.69) is 21.2 Å². The SMILES string of the molecule is O=C(COc1ccc(Cl)cc1Br)NC1CCCC1. The van der Waals surface area contributed by atoms with Crippen LogP contribution in [0.2, 0.25) is 5.02 Å². The van der Waals surface area contributed by atoms with Gasteiger partial charge in [-0.3, -0.25) is 4.79 Å². The van der Waals surface area contributed by atoms with E-state index in [0.29, 0.717) is 16.8 Å². The van der Waals surface area contributed by atoms with Gasteiger partial charge in [-0.05, 0) is 47.0 Å². The number of hydrogen-bond acceptors (Lipinski definition) is 2. The molecule has 98 valence electrons. The van der Waals surface area contributed by atoms with Crippen molar-refractivity contribution >= 4 is 33.4 Å². The van der Waals surface area contributed by atoms with Crippen molar-refractivity contribution in [2.24, 2.45) is 0 Å². The van der Waals surface area contributed by atoms with Gasteiger partial charge in [0.15, 0.2) is 6.61 Å².